The zero-order chi connectivity index (χ0) is 21.3. The summed E-state index contributed by atoms with van der Waals surface area (Å²) in [5.74, 6) is -0.145. The Labute approximate surface area is 168 Å². The maximum absolute atomic E-state index is 12.6. The number of ether oxygens (including phenoxy) is 1. The van der Waals surface area contributed by atoms with Crippen LogP contribution in [0.1, 0.15) is 17.1 Å². The molecule has 0 fully saturated rings. The van der Waals surface area contributed by atoms with Gasteiger partial charge in [-0.05, 0) is 19.1 Å². The van der Waals surface area contributed by atoms with E-state index in [9.17, 15) is 13.2 Å². The van der Waals surface area contributed by atoms with Crippen LogP contribution in [-0.4, -0.2) is 36.8 Å². The first kappa shape index (κ1) is 19.6. The van der Waals surface area contributed by atoms with Gasteiger partial charge in [0.1, 0.15) is 23.4 Å². The highest BCUT2D eigenvalue weighted by atomic mass is 19.4. The topological polar surface area (TPSA) is 90.6 Å². The van der Waals surface area contributed by atoms with Gasteiger partial charge in [0.05, 0.1) is 12.8 Å². The van der Waals surface area contributed by atoms with E-state index in [1.54, 1.807) is 18.0 Å². The van der Waals surface area contributed by atoms with E-state index in [0.717, 1.165) is 23.8 Å². The molecule has 0 saturated heterocycles. The molecule has 1 N–H and O–H groups in total. The fraction of sp³-hybridized carbons (Fsp3) is 0.211. The maximum atomic E-state index is 12.6. The zero-order valence-electron chi connectivity index (χ0n) is 16.0. The number of halogens is 3. The number of hydrogen-bond acceptors (Lipinski definition) is 7. The van der Waals surface area contributed by atoms with Gasteiger partial charge in [-0.1, -0.05) is 0 Å². The van der Waals surface area contributed by atoms with Crippen molar-refractivity contribution in [3.63, 3.8) is 0 Å². The average Bonchev–Trinajstić information content (AvgIpc) is 3.17. The largest absolute Gasteiger partial charge is 0.494 e. The van der Waals surface area contributed by atoms with Gasteiger partial charge in [-0.15, -0.1) is 0 Å². The van der Waals surface area contributed by atoms with E-state index in [1.807, 2.05) is 25.1 Å². The van der Waals surface area contributed by atoms with Crippen molar-refractivity contribution in [3.8, 4) is 11.4 Å². The van der Waals surface area contributed by atoms with Crippen LogP contribution in [-0.2, 0) is 12.7 Å². The van der Waals surface area contributed by atoms with E-state index in [2.05, 4.69) is 30.4 Å². The molecule has 0 aliphatic carbocycles. The van der Waals surface area contributed by atoms with Crippen molar-refractivity contribution < 1.29 is 17.9 Å². The van der Waals surface area contributed by atoms with Crippen molar-refractivity contribution >= 4 is 16.7 Å². The molecule has 30 heavy (non-hydrogen) atoms. The molecule has 11 heteroatoms. The summed E-state index contributed by atoms with van der Waals surface area (Å²) in [6, 6.07) is 5.56. The number of nitrogens with zero attached hydrogens (tertiary/aromatic N) is 6. The second-order valence-electron chi connectivity index (χ2n) is 6.42. The number of anilines is 1. The molecule has 0 spiro atoms. The fourth-order valence-corrected chi connectivity index (χ4v) is 2.96. The number of aromatic nitrogens is 6. The molecule has 8 nitrogen and oxygen atoms in total. The minimum absolute atomic E-state index is 0.178. The van der Waals surface area contributed by atoms with Gasteiger partial charge < -0.3 is 10.1 Å². The molecule has 0 aliphatic heterocycles. The van der Waals surface area contributed by atoms with Crippen LogP contribution in [0.3, 0.4) is 0 Å². The molecule has 4 rings (SSSR count). The molecule has 154 valence electrons. The summed E-state index contributed by atoms with van der Waals surface area (Å²) >= 11 is 0. The van der Waals surface area contributed by atoms with Crippen LogP contribution in [0, 0.1) is 6.92 Å². The summed E-state index contributed by atoms with van der Waals surface area (Å²) in [5.41, 5.74) is 2.76. The van der Waals surface area contributed by atoms with Crippen molar-refractivity contribution in [2.75, 3.05) is 12.4 Å². The van der Waals surface area contributed by atoms with Crippen LogP contribution < -0.4 is 10.1 Å². The van der Waals surface area contributed by atoms with Crippen molar-refractivity contribution in [3.05, 3.63) is 60.2 Å². The second kappa shape index (κ2) is 7.58. The van der Waals surface area contributed by atoms with Gasteiger partial charge in [0.25, 0.3) is 0 Å². The maximum Gasteiger partial charge on any atom is 0.451 e. The van der Waals surface area contributed by atoms with E-state index in [1.165, 1.54) is 6.33 Å². The molecule has 0 radical (unpaired) electrons. The van der Waals surface area contributed by atoms with E-state index in [0.29, 0.717) is 28.0 Å². The standard InChI is InChI=1S/C19H16F3N7O/c1-11-3-4-28-29(11)13-5-14-16(15(6-13)30-2)26-10-27-17(14)23-7-12-8-24-18(25-9-12)19(20,21)22/h3-6,8-10H,7H2,1-2H3,(H,23,26,27). The quantitative estimate of drug-likeness (QED) is 0.533. The Hall–Kier alpha value is -3.76. The third kappa shape index (κ3) is 3.73. The first-order valence-corrected chi connectivity index (χ1v) is 8.82. The molecule has 0 saturated carbocycles. The molecule has 0 atom stereocenters. The molecule has 0 aliphatic rings. The van der Waals surface area contributed by atoms with Crippen molar-refractivity contribution in [1.82, 2.24) is 29.7 Å². The summed E-state index contributed by atoms with van der Waals surface area (Å²) < 4.78 is 45.1. The van der Waals surface area contributed by atoms with Gasteiger partial charge in [-0.25, -0.2) is 24.6 Å². The van der Waals surface area contributed by atoms with Gasteiger partial charge in [-0.3, -0.25) is 0 Å². The number of rotatable bonds is 5. The van der Waals surface area contributed by atoms with Crippen LogP contribution in [0.25, 0.3) is 16.6 Å². The lowest BCUT2D eigenvalue weighted by atomic mass is 10.2. The Morgan fingerprint density at radius 2 is 1.87 bits per heavy atom. The number of aryl methyl sites for hydroxylation is 1. The van der Waals surface area contributed by atoms with Crippen molar-refractivity contribution in [2.45, 2.75) is 19.6 Å². The first-order valence-electron chi connectivity index (χ1n) is 8.82. The van der Waals surface area contributed by atoms with Gasteiger partial charge in [-0.2, -0.15) is 18.3 Å². The number of nitrogens with one attached hydrogen (secondary N) is 1. The Morgan fingerprint density at radius 3 is 2.50 bits per heavy atom. The predicted octanol–water partition coefficient (Wildman–Crippen LogP) is 3.55. The Morgan fingerprint density at radius 1 is 1.10 bits per heavy atom. The molecule has 3 heterocycles. The third-order valence-electron chi connectivity index (χ3n) is 4.40. The highest BCUT2D eigenvalue weighted by Crippen LogP contribution is 2.31. The molecule has 1 aromatic carbocycles. The van der Waals surface area contributed by atoms with Crippen LogP contribution in [0.4, 0.5) is 19.0 Å². The minimum Gasteiger partial charge on any atom is -0.494 e. The van der Waals surface area contributed by atoms with Gasteiger partial charge in [0, 0.05) is 47.8 Å². The summed E-state index contributed by atoms with van der Waals surface area (Å²) in [6.07, 6.45) is 0.760. The van der Waals surface area contributed by atoms with Gasteiger partial charge in [0.2, 0.25) is 5.82 Å². The minimum atomic E-state index is -4.58. The Bertz CT molecular complexity index is 1190. The molecular weight excluding hydrogens is 399 g/mol. The Balaban J connectivity index is 1.68. The lowest BCUT2D eigenvalue weighted by Gasteiger charge is -2.13. The molecule has 4 aromatic rings. The van der Waals surface area contributed by atoms with Crippen LogP contribution in [0.2, 0.25) is 0 Å². The van der Waals surface area contributed by atoms with E-state index >= 15 is 0 Å². The molecule has 0 amide bonds. The van der Waals surface area contributed by atoms with E-state index in [-0.39, 0.29) is 6.54 Å². The number of benzene rings is 1. The number of fused-ring (bicyclic) bond motifs is 1. The lowest BCUT2D eigenvalue weighted by molar-refractivity contribution is -0.145. The normalized spacial score (nSPS) is 11.6. The summed E-state index contributed by atoms with van der Waals surface area (Å²) in [4.78, 5) is 15.3. The smallest absolute Gasteiger partial charge is 0.451 e. The van der Waals surface area contributed by atoms with Crippen molar-refractivity contribution in [2.24, 2.45) is 0 Å². The summed E-state index contributed by atoms with van der Waals surface area (Å²) in [7, 11) is 1.54. The molecular formula is C19H16F3N7O. The van der Waals surface area contributed by atoms with Gasteiger partial charge >= 0.3 is 6.18 Å². The first-order chi connectivity index (χ1) is 14.4. The summed E-state index contributed by atoms with van der Waals surface area (Å²) in [6.45, 7) is 2.10. The van der Waals surface area contributed by atoms with Gasteiger partial charge in [0.15, 0.2) is 0 Å². The fourth-order valence-electron chi connectivity index (χ4n) is 2.96. The average molecular weight is 415 g/mol. The molecule has 0 bridgehead atoms. The Kier molecular flexibility index (Phi) is 4.94. The zero-order valence-corrected chi connectivity index (χ0v) is 16.0. The second-order valence-corrected chi connectivity index (χ2v) is 6.42. The monoisotopic (exact) mass is 415 g/mol. The number of hydrogen-bond donors (Lipinski definition) is 1. The highest BCUT2D eigenvalue weighted by molar-refractivity contribution is 5.94. The predicted molar refractivity (Wildman–Crippen MR) is 102 cm³/mol. The molecule has 3 aromatic heterocycles. The van der Waals surface area contributed by atoms with E-state index < -0.39 is 12.0 Å². The SMILES string of the molecule is COc1cc(-n2nccc2C)cc2c(NCc3cnc(C(F)(F)F)nc3)ncnc12. The third-order valence-corrected chi connectivity index (χ3v) is 4.40. The molecule has 0 unspecified atom stereocenters. The summed E-state index contributed by atoms with van der Waals surface area (Å²) in [5, 5.41) is 8.09. The van der Waals surface area contributed by atoms with Crippen LogP contribution in [0.15, 0.2) is 43.1 Å². The van der Waals surface area contributed by atoms with E-state index in [4.69, 9.17) is 4.74 Å². The van der Waals surface area contributed by atoms with Crippen LogP contribution in [0.5, 0.6) is 5.75 Å². The van der Waals surface area contributed by atoms with Crippen molar-refractivity contribution in [1.29, 1.82) is 0 Å². The van der Waals surface area contributed by atoms with Crippen LogP contribution >= 0.6 is 0 Å². The number of alkyl halides is 3. The number of methoxy groups -OCH3 is 1. The highest BCUT2D eigenvalue weighted by Gasteiger charge is 2.34. The lowest BCUT2D eigenvalue weighted by Crippen LogP contribution is -2.12.